The van der Waals surface area contributed by atoms with Crippen molar-refractivity contribution >= 4 is 10.9 Å². The van der Waals surface area contributed by atoms with Crippen LogP contribution in [0.3, 0.4) is 0 Å². The number of aliphatic hydroxyl groups is 1. The molecule has 0 saturated heterocycles. The maximum absolute atomic E-state index is 14.0. The van der Waals surface area contributed by atoms with Gasteiger partial charge in [-0.1, -0.05) is 32.0 Å². The van der Waals surface area contributed by atoms with Crippen molar-refractivity contribution in [2.24, 2.45) is 0 Å². The number of hydrogen-bond acceptors (Lipinski definition) is 2. The molecule has 1 aromatic heterocycles. The van der Waals surface area contributed by atoms with Crippen LogP contribution in [0, 0.1) is 5.82 Å². The fourth-order valence-corrected chi connectivity index (χ4v) is 3.84. The number of methoxy groups -OCH3 is 1. The highest BCUT2D eigenvalue weighted by molar-refractivity contribution is 5.79. The SMILES string of the molecule is COc1ccc(F)cc1C(C)(C)CC(O)(Cn1ccc2ccccc21)C(F)(F)F. The average Bonchev–Trinajstić information content (AvgIpc) is 3.03. The van der Waals surface area contributed by atoms with E-state index in [4.69, 9.17) is 4.74 Å². The van der Waals surface area contributed by atoms with Gasteiger partial charge in [0.1, 0.15) is 11.6 Å². The molecule has 1 atom stereocenters. The number of alkyl halides is 3. The van der Waals surface area contributed by atoms with Gasteiger partial charge in [-0.15, -0.1) is 0 Å². The number of aromatic nitrogens is 1. The van der Waals surface area contributed by atoms with Crippen LogP contribution >= 0.6 is 0 Å². The summed E-state index contributed by atoms with van der Waals surface area (Å²) in [5, 5.41) is 11.6. The van der Waals surface area contributed by atoms with Gasteiger partial charge in [0.15, 0.2) is 5.60 Å². The van der Waals surface area contributed by atoms with Gasteiger partial charge in [-0.2, -0.15) is 13.2 Å². The van der Waals surface area contributed by atoms with Crippen LogP contribution in [0.5, 0.6) is 5.75 Å². The molecule has 156 valence electrons. The van der Waals surface area contributed by atoms with E-state index in [2.05, 4.69) is 0 Å². The number of benzene rings is 2. The molecule has 0 saturated carbocycles. The van der Waals surface area contributed by atoms with Gasteiger partial charge in [0.25, 0.3) is 0 Å². The lowest BCUT2D eigenvalue weighted by Gasteiger charge is -2.38. The zero-order valence-electron chi connectivity index (χ0n) is 16.4. The van der Waals surface area contributed by atoms with Gasteiger partial charge in [0, 0.05) is 17.3 Å². The summed E-state index contributed by atoms with van der Waals surface area (Å²) >= 11 is 0. The van der Waals surface area contributed by atoms with Gasteiger partial charge in [0.05, 0.1) is 13.7 Å². The van der Waals surface area contributed by atoms with Crippen molar-refractivity contribution in [3.63, 3.8) is 0 Å². The quantitative estimate of drug-likeness (QED) is 0.550. The van der Waals surface area contributed by atoms with Crippen molar-refractivity contribution in [2.45, 2.75) is 44.0 Å². The number of halogens is 4. The topological polar surface area (TPSA) is 34.4 Å². The van der Waals surface area contributed by atoms with Gasteiger partial charge in [-0.05, 0) is 47.6 Å². The van der Waals surface area contributed by atoms with Gasteiger partial charge >= 0.3 is 6.18 Å². The Labute approximate surface area is 166 Å². The van der Waals surface area contributed by atoms with Crippen LogP contribution < -0.4 is 4.74 Å². The van der Waals surface area contributed by atoms with E-state index in [0.29, 0.717) is 5.52 Å². The third-order valence-corrected chi connectivity index (χ3v) is 5.26. The van der Waals surface area contributed by atoms with Crippen LogP contribution in [0.15, 0.2) is 54.7 Å². The predicted octanol–water partition coefficient (Wildman–Crippen LogP) is 5.45. The standard InChI is InChI=1S/C22H23F4NO2/c1-20(2,17-12-16(23)8-9-19(17)29-3)13-21(28,22(24,25)26)14-27-11-10-15-6-4-5-7-18(15)27/h4-12,28H,13-14H2,1-3H3. The molecule has 7 heteroatoms. The first-order valence-electron chi connectivity index (χ1n) is 9.14. The Kier molecular flexibility index (Phi) is 5.38. The van der Waals surface area contributed by atoms with Crippen LogP contribution in [-0.4, -0.2) is 28.6 Å². The van der Waals surface area contributed by atoms with Crippen molar-refractivity contribution in [3.8, 4) is 5.75 Å². The monoisotopic (exact) mass is 409 g/mol. The van der Waals surface area contributed by atoms with Gasteiger partial charge in [-0.3, -0.25) is 0 Å². The molecule has 0 aliphatic carbocycles. The molecule has 29 heavy (non-hydrogen) atoms. The van der Waals surface area contributed by atoms with E-state index in [1.807, 2.05) is 0 Å². The third kappa shape index (κ3) is 4.10. The summed E-state index contributed by atoms with van der Waals surface area (Å²) in [6, 6.07) is 12.4. The first kappa shape index (κ1) is 21.2. The molecule has 0 fully saturated rings. The molecule has 1 unspecified atom stereocenters. The Morgan fingerprint density at radius 1 is 1.03 bits per heavy atom. The molecule has 3 rings (SSSR count). The molecule has 0 aliphatic heterocycles. The molecule has 1 heterocycles. The second-order valence-electron chi connectivity index (χ2n) is 7.94. The van der Waals surface area contributed by atoms with E-state index >= 15 is 0 Å². The molecule has 3 nitrogen and oxygen atoms in total. The molecular formula is C22H23F4NO2. The normalized spacial score (nSPS) is 14.8. The highest BCUT2D eigenvalue weighted by Gasteiger charge is 2.56. The average molecular weight is 409 g/mol. The predicted molar refractivity (Wildman–Crippen MR) is 104 cm³/mol. The minimum atomic E-state index is -4.89. The Bertz CT molecular complexity index is 1010. The molecule has 0 amide bonds. The minimum Gasteiger partial charge on any atom is -0.496 e. The molecule has 0 bridgehead atoms. The van der Waals surface area contributed by atoms with Crippen molar-refractivity contribution in [3.05, 3.63) is 66.1 Å². The highest BCUT2D eigenvalue weighted by Crippen LogP contribution is 2.44. The van der Waals surface area contributed by atoms with Crippen molar-refractivity contribution in [1.82, 2.24) is 4.57 Å². The summed E-state index contributed by atoms with van der Waals surface area (Å²) in [7, 11) is 1.37. The molecule has 1 N–H and O–H groups in total. The van der Waals surface area contributed by atoms with Crippen molar-refractivity contribution < 1.29 is 27.4 Å². The fourth-order valence-electron chi connectivity index (χ4n) is 3.84. The number of nitrogens with zero attached hydrogens (tertiary/aromatic N) is 1. The Morgan fingerprint density at radius 3 is 2.38 bits per heavy atom. The summed E-state index contributed by atoms with van der Waals surface area (Å²) in [6.07, 6.45) is -4.04. The zero-order valence-corrected chi connectivity index (χ0v) is 16.4. The Balaban J connectivity index is 2.02. The molecule has 0 spiro atoms. The second-order valence-corrected chi connectivity index (χ2v) is 7.94. The minimum absolute atomic E-state index is 0.264. The van der Waals surface area contributed by atoms with Crippen LogP contribution in [0.2, 0.25) is 0 Å². The Morgan fingerprint density at radius 2 is 1.72 bits per heavy atom. The lowest BCUT2D eigenvalue weighted by atomic mass is 9.74. The van der Waals surface area contributed by atoms with E-state index in [1.54, 1.807) is 30.3 Å². The summed E-state index contributed by atoms with van der Waals surface area (Å²) in [4.78, 5) is 0. The first-order chi connectivity index (χ1) is 13.5. The molecule has 0 radical (unpaired) electrons. The summed E-state index contributed by atoms with van der Waals surface area (Å²) in [5.41, 5.74) is -3.40. The van der Waals surface area contributed by atoms with Crippen molar-refractivity contribution in [2.75, 3.05) is 7.11 Å². The second kappa shape index (κ2) is 7.37. The zero-order chi connectivity index (χ0) is 21.4. The number of ether oxygens (including phenoxy) is 1. The van der Waals surface area contributed by atoms with Crippen LogP contribution in [0.4, 0.5) is 17.6 Å². The van der Waals surface area contributed by atoms with E-state index in [1.165, 1.54) is 43.9 Å². The third-order valence-electron chi connectivity index (χ3n) is 5.26. The highest BCUT2D eigenvalue weighted by atomic mass is 19.4. The lowest BCUT2D eigenvalue weighted by Crippen LogP contribution is -2.52. The smallest absolute Gasteiger partial charge is 0.418 e. The largest absolute Gasteiger partial charge is 0.496 e. The Hall–Kier alpha value is -2.54. The van der Waals surface area contributed by atoms with E-state index in [9.17, 15) is 22.7 Å². The van der Waals surface area contributed by atoms with Crippen LogP contribution in [0.1, 0.15) is 25.8 Å². The summed E-state index contributed by atoms with van der Waals surface area (Å²) < 4.78 is 62.5. The fraction of sp³-hybridized carbons (Fsp3) is 0.364. The van der Waals surface area contributed by atoms with Gasteiger partial charge in [-0.25, -0.2) is 4.39 Å². The van der Waals surface area contributed by atoms with Gasteiger partial charge in [0.2, 0.25) is 0 Å². The van der Waals surface area contributed by atoms with Crippen LogP contribution in [0.25, 0.3) is 10.9 Å². The number of para-hydroxylation sites is 1. The maximum Gasteiger partial charge on any atom is 0.418 e. The van der Waals surface area contributed by atoms with Gasteiger partial charge < -0.3 is 14.4 Å². The van der Waals surface area contributed by atoms with Crippen LogP contribution in [-0.2, 0) is 12.0 Å². The molecule has 2 aromatic carbocycles. The molecule has 3 aromatic rings. The van der Waals surface area contributed by atoms with Crippen molar-refractivity contribution in [1.29, 1.82) is 0 Å². The molecular weight excluding hydrogens is 386 g/mol. The summed E-state index contributed by atoms with van der Waals surface area (Å²) in [5.74, 6) is -0.312. The van der Waals surface area contributed by atoms with E-state index in [0.717, 1.165) is 11.5 Å². The maximum atomic E-state index is 14.0. The van der Waals surface area contributed by atoms with E-state index < -0.39 is 36.0 Å². The van der Waals surface area contributed by atoms with E-state index in [-0.39, 0.29) is 11.3 Å². The number of rotatable bonds is 6. The molecule has 0 aliphatic rings. The lowest BCUT2D eigenvalue weighted by molar-refractivity contribution is -0.271. The number of hydrogen-bond donors (Lipinski definition) is 1. The first-order valence-corrected chi connectivity index (χ1v) is 9.14. The summed E-state index contributed by atoms with van der Waals surface area (Å²) in [6.45, 7) is 2.40. The number of fused-ring (bicyclic) bond motifs is 1.